The second-order valence-corrected chi connectivity index (χ2v) is 9.24. The molecule has 3 fully saturated rings. The third-order valence-electron chi connectivity index (χ3n) is 7.80. The van der Waals surface area contributed by atoms with Gasteiger partial charge in [0, 0.05) is 35.8 Å². The molecule has 4 aliphatic heterocycles. The number of piperidine rings is 3. The van der Waals surface area contributed by atoms with Crippen molar-refractivity contribution in [3.8, 4) is 5.75 Å². The summed E-state index contributed by atoms with van der Waals surface area (Å²) in [5.74, 6) is 2.17. The highest BCUT2D eigenvalue weighted by atomic mass is 16.5. The number of para-hydroxylation sites is 2. The summed E-state index contributed by atoms with van der Waals surface area (Å²) in [4.78, 5) is 5.50. The normalized spacial score (nSPS) is 28.7. The van der Waals surface area contributed by atoms with E-state index in [-0.39, 0.29) is 0 Å². The topological polar surface area (TPSA) is 15.7 Å². The Kier molecular flexibility index (Phi) is 4.72. The van der Waals surface area contributed by atoms with E-state index in [2.05, 4.69) is 88.7 Å². The minimum atomic E-state index is 0.430. The van der Waals surface area contributed by atoms with E-state index in [0.717, 1.165) is 18.2 Å². The summed E-state index contributed by atoms with van der Waals surface area (Å²) >= 11 is 0. The van der Waals surface area contributed by atoms with Gasteiger partial charge in [-0.1, -0.05) is 66.7 Å². The Labute approximate surface area is 185 Å². The van der Waals surface area contributed by atoms with E-state index in [1.165, 1.54) is 48.3 Å². The van der Waals surface area contributed by atoms with Crippen molar-refractivity contribution in [3.63, 3.8) is 0 Å². The predicted molar refractivity (Wildman–Crippen MR) is 126 cm³/mol. The molecule has 4 aliphatic rings. The Balaban J connectivity index is 1.51. The van der Waals surface area contributed by atoms with Gasteiger partial charge in [-0.2, -0.15) is 0 Å². The molecule has 3 nitrogen and oxygen atoms in total. The average Bonchev–Trinajstić information content (AvgIpc) is 2.85. The van der Waals surface area contributed by atoms with Gasteiger partial charge in [0.05, 0.1) is 7.11 Å². The van der Waals surface area contributed by atoms with Gasteiger partial charge in [-0.15, -0.1) is 0 Å². The van der Waals surface area contributed by atoms with Gasteiger partial charge in [-0.3, -0.25) is 4.90 Å². The molecule has 3 heteroatoms. The lowest BCUT2D eigenvalue weighted by Gasteiger charge is -2.60. The smallest absolute Gasteiger partial charge is 0.123 e. The minimum absolute atomic E-state index is 0.430. The maximum Gasteiger partial charge on any atom is 0.123 e. The average molecular weight is 411 g/mol. The van der Waals surface area contributed by atoms with Crippen LogP contribution in [0.25, 0.3) is 0 Å². The standard InChI is InChI=1S/C28H30N2O/c1-31-25-14-8-5-11-22(25)19-30-24-13-7-6-12-23(24)26(20-9-3-2-4-10-20)28-27(30)21-15-17-29(28)18-16-21/h2-14,21,26-28H,15-19H2,1H3/t26-,27-,28-/m0/s1. The molecule has 0 amide bonds. The van der Waals surface area contributed by atoms with E-state index in [4.69, 9.17) is 4.74 Å². The maximum absolute atomic E-state index is 5.73. The quantitative estimate of drug-likeness (QED) is 0.580. The van der Waals surface area contributed by atoms with Gasteiger partial charge in [0.25, 0.3) is 0 Å². The number of fused-ring (bicyclic) bond motifs is 3. The summed E-state index contributed by atoms with van der Waals surface area (Å²) < 4.78 is 5.73. The van der Waals surface area contributed by atoms with Crippen LogP contribution >= 0.6 is 0 Å². The number of ether oxygens (including phenoxy) is 1. The molecule has 0 aromatic heterocycles. The molecular formula is C28H30N2O. The van der Waals surface area contributed by atoms with Crippen molar-refractivity contribution >= 4 is 5.69 Å². The minimum Gasteiger partial charge on any atom is -0.496 e. The monoisotopic (exact) mass is 410 g/mol. The molecule has 0 saturated carbocycles. The highest BCUT2D eigenvalue weighted by Crippen LogP contribution is 2.51. The lowest BCUT2D eigenvalue weighted by atomic mass is 9.67. The number of anilines is 1. The van der Waals surface area contributed by atoms with Crippen LogP contribution in [0.3, 0.4) is 0 Å². The predicted octanol–water partition coefficient (Wildman–Crippen LogP) is 5.31. The van der Waals surface area contributed by atoms with E-state index in [1.54, 1.807) is 7.11 Å². The Hall–Kier alpha value is -2.78. The zero-order chi connectivity index (χ0) is 20.8. The van der Waals surface area contributed by atoms with Crippen LogP contribution in [0, 0.1) is 5.92 Å². The number of hydrogen-bond donors (Lipinski definition) is 0. The van der Waals surface area contributed by atoms with Crippen LogP contribution in [0.2, 0.25) is 0 Å². The SMILES string of the molecule is COc1ccccc1CN1c2ccccc2[C@H](c2ccccc2)[C@H]2[C@@H]1C1CCN2CC1. The highest BCUT2D eigenvalue weighted by molar-refractivity contribution is 5.63. The van der Waals surface area contributed by atoms with Gasteiger partial charge in [0.2, 0.25) is 0 Å². The number of hydrogen-bond acceptors (Lipinski definition) is 3. The first-order valence-corrected chi connectivity index (χ1v) is 11.6. The Morgan fingerprint density at radius 1 is 0.806 bits per heavy atom. The summed E-state index contributed by atoms with van der Waals surface area (Å²) in [7, 11) is 1.78. The molecule has 0 radical (unpaired) electrons. The Morgan fingerprint density at radius 3 is 2.32 bits per heavy atom. The summed E-state index contributed by atoms with van der Waals surface area (Å²) in [5, 5.41) is 0. The van der Waals surface area contributed by atoms with Gasteiger partial charge in [-0.05, 0) is 55.1 Å². The lowest BCUT2D eigenvalue weighted by molar-refractivity contribution is 0.0119. The van der Waals surface area contributed by atoms with Crippen molar-refractivity contribution in [2.24, 2.45) is 5.92 Å². The summed E-state index contributed by atoms with van der Waals surface area (Å²) in [6.45, 7) is 3.37. The fourth-order valence-electron chi connectivity index (χ4n) is 6.50. The van der Waals surface area contributed by atoms with Gasteiger partial charge in [-0.25, -0.2) is 0 Å². The molecule has 7 rings (SSSR count). The van der Waals surface area contributed by atoms with Crippen molar-refractivity contribution in [2.75, 3.05) is 25.1 Å². The highest BCUT2D eigenvalue weighted by Gasteiger charge is 2.52. The molecule has 0 unspecified atom stereocenters. The third-order valence-corrected chi connectivity index (χ3v) is 7.80. The Bertz CT molecular complexity index is 1060. The molecule has 2 bridgehead atoms. The zero-order valence-electron chi connectivity index (χ0n) is 18.2. The number of rotatable bonds is 4. The van der Waals surface area contributed by atoms with Crippen LogP contribution in [0.1, 0.15) is 35.4 Å². The van der Waals surface area contributed by atoms with Crippen LogP contribution in [0.15, 0.2) is 78.9 Å². The molecule has 0 spiro atoms. The second-order valence-electron chi connectivity index (χ2n) is 9.24. The third kappa shape index (κ3) is 3.06. The molecule has 3 aromatic rings. The second kappa shape index (κ2) is 7.72. The fraction of sp³-hybridized carbons (Fsp3) is 0.357. The maximum atomic E-state index is 5.73. The first kappa shape index (κ1) is 18.9. The number of methoxy groups -OCH3 is 1. The lowest BCUT2D eigenvalue weighted by Crippen LogP contribution is -2.67. The zero-order valence-corrected chi connectivity index (χ0v) is 18.2. The molecule has 3 atom stereocenters. The van der Waals surface area contributed by atoms with Crippen molar-refractivity contribution in [2.45, 2.75) is 37.4 Å². The van der Waals surface area contributed by atoms with E-state index in [9.17, 15) is 0 Å². The molecule has 158 valence electrons. The van der Waals surface area contributed by atoms with Crippen LogP contribution in [0.4, 0.5) is 5.69 Å². The van der Waals surface area contributed by atoms with Gasteiger partial charge in [0.15, 0.2) is 0 Å². The number of nitrogens with zero attached hydrogens (tertiary/aromatic N) is 2. The van der Waals surface area contributed by atoms with Gasteiger partial charge in [0.1, 0.15) is 5.75 Å². The summed E-state index contributed by atoms with van der Waals surface area (Å²) in [5.41, 5.74) is 5.59. The van der Waals surface area contributed by atoms with Crippen LogP contribution in [-0.4, -0.2) is 37.2 Å². The van der Waals surface area contributed by atoms with Gasteiger partial charge < -0.3 is 9.64 Å². The van der Waals surface area contributed by atoms with E-state index in [1.807, 2.05) is 0 Å². The first-order valence-electron chi connectivity index (χ1n) is 11.6. The molecule has 3 saturated heterocycles. The van der Waals surface area contributed by atoms with E-state index in [0.29, 0.717) is 18.0 Å². The largest absolute Gasteiger partial charge is 0.496 e. The summed E-state index contributed by atoms with van der Waals surface area (Å²) in [6, 6.07) is 29.9. The molecule has 3 aromatic carbocycles. The molecule has 4 heterocycles. The van der Waals surface area contributed by atoms with E-state index < -0.39 is 0 Å². The molecule has 31 heavy (non-hydrogen) atoms. The Morgan fingerprint density at radius 2 is 1.52 bits per heavy atom. The van der Waals surface area contributed by atoms with Crippen molar-refractivity contribution < 1.29 is 4.74 Å². The summed E-state index contributed by atoms with van der Waals surface area (Å²) in [6.07, 6.45) is 2.63. The van der Waals surface area contributed by atoms with Crippen molar-refractivity contribution in [3.05, 3.63) is 95.6 Å². The number of benzene rings is 3. The van der Waals surface area contributed by atoms with Crippen LogP contribution < -0.4 is 9.64 Å². The fourth-order valence-corrected chi connectivity index (χ4v) is 6.50. The van der Waals surface area contributed by atoms with Crippen LogP contribution in [-0.2, 0) is 6.54 Å². The molecule has 0 aliphatic carbocycles. The van der Waals surface area contributed by atoms with Gasteiger partial charge >= 0.3 is 0 Å². The van der Waals surface area contributed by atoms with Crippen LogP contribution in [0.5, 0.6) is 5.75 Å². The molecule has 0 N–H and O–H groups in total. The van der Waals surface area contributed by atoms with Crippen molar-refractivity contribution in [1.82, 2.24) is 4.90 Å². The first-order chi connectivity index (χ1) is 15.3. The van der Waals surface area contributed by atoms with Crippen molar-refractivity contribution in [1.29, 1.82) is 0 Å². The molecular weight excluding hydrogens is 380 g/mol. The van der Waals surface area contributed by atoms with E-state index >= 15 is 0 Å².